The lowest BCUT2D eigenvalue weighted by molar-refractivity contribution is 0.0624. The molecule has 3 heterocycles. The van der Waals surface area contributed by atoms with E-state index in [-0.39, 0.29) is 22.1 Å². The number of amides is 1. The van der Waals surface area contributed by atoms with E-state index >= 15 is 0 Å². The molecule has 162 valence electrons. The summed E-state index contributed by atoms with van der Waals surface area (Å²) in [7, 11) is -3.29. The Morgan fingerprint density at radius 2 is 1.90 bits per heavy atom. The Labute approximate surface area is 181 Å². The summed E-state index contributed by atoms with van der Waals surface area (Å²) < 4.78 is 24.5. The quantitative estimate of drug-likeness (QED) is 0.656. The molecule has 1 aliphatic heterocycles. The van der Waals surface area contributed by atoms with Crippen LogP contribution in [0.3, 0.4) is 0 Å². The first-order valence-corrected chi connectivity index (χ1v) is 12.3. The molecule has 0 atom stereocenters. The number of H-pyrrole nitrogens is 1. The minimum Gasteiger partial charge on any atom is -0.352 e. The molecule has 5 rings (SSSR count). The molecule has 1 amide bonds. The van der Waals surface area contributed by atoms with Crippen molar-refractivity contribution in [1.82, 2.24) is 19.9 Å². The van der Waals surface area contributed by atoms with Gasteiger partial charge in [0.15, 0.2) is 9.84 Å². The summed E-state index contributed by atoms with van der Waals surface area (Å²) in [4.78, 5) is 29.7. The molecule has 1 aromatic carbocycles. The fraction of sp³-hybridized carbons (Fsp3) is 0.409. The van der Waals surface area contributed by atoms with Crippen LogP contribution in [0.4, 0.5) is 5.82 Å². The van der Waals surface area contributed by atoms with E-state index < -0.39 is 9.84 Å². The molecule has 1 saturated heterocycles. The molecule has 9 heteroatoms. The zero-order chi connectivity index (χ0) is 21.6. The van der Waals surface area contributed by atoms with Crippen molar-refractivity contribution >= 4 is 32.6 Å². The van der Waals surface area contributed by atoms with E-state index in [1.807, 2.05) is 24.1 Å². The molecule has 2 fully saturated rings. The van der Waals surface area contributed by atoms with Gasteiger partial charge in [0.2, 0.25) is 0 Å². The zero-order valence-electron chi connectivity index (χ0n) is 17.4. The number of fused-ring (bicyclic) bond motifs is 1. The Balaban J connectivity index is 1.36. The van der Waals surface area contributed by atoms with Crippen molar-refractivity contribution in [1.29, 1.82) is 0 Å². The number of piperazine rings is 1. The van der Waals surface area contributed by atoms with Gasteiger partial charge in [0.25, 0.3) is 5.91 Å². The van der Waals surface area contributed by atoms with Crippen LogP contribution >= 0.6 is 0 Å². The van der Waals surface area contributed by atoms with E-state index in [0.717, 1.165) is 36.2 Å². The highest BCUT2D eigenvalue weighted by molar-refractivity contribution is 7.91. The molecule has 1 aliphatic carbocycles. The fourth-order valence-electron chi connectivity index (χ4n) is 4.51. The third kappa shape index (κ3) is 3.46. The molecular formula is C22H25N5O3S. The third-order valence-electron chi connectivity index (χ3n) is 6.29. The van der Waals surface area contributed by atoms with E-state index in [9.17, 15) is 13.2 Å². The Kier molecular flexibility index (Phi) is 4.73. The van der Waals surface area contributed by atoms with Crippen LogP contribution in [0.2, 0.25) is 0 Å². The first-order valence-electron chi connectivity index (χ1n) is 10.6. The predicted octanol–water partition coefficient (Wildman–Crippen LogP) is 2.64. The number of rotatable bonds is 5. The van der Waals surface area contributed by atoms with Crippen LogP contribution in [0.25, 0.3) is 11.0 Å². The van der Waals surface area contributed by atoms with Gasteiger partial charge in [-0.3, -0.25) is 4.79 Å². The Hall–Kier alpha value is -2.94. The molecule has 8 nitrogen and oxygen atoms in total. The SMILES string of the molecule is CCCS(=O)(=O)c1ccc(C(=O)N2CCN(c3ncnc4[nH]ccc34)CC23CC3)cc1. The number of carbonyl (C=O) groups excluding carboxylic acids is 1. The summed E-state index contributed by atoms with van der Waals surface area (Å²) in [5, 5.41) is 0.988. The second kappa shape index (κ2) is 7.33. The topological polar surface area (TPSA) is 99.3 Å². The number of anilines is 1. The molecule has 0 unspecified atom stereocenters. The van der Waals surface area contributed by atoms with E-state index in [2.05, 4.69) is 19.9 Å². The van der Waals surface area contributed by atoms with Gasteiger partial charge in [-0.2, -0.15) is 0 Å². The first-order chi connectivity index (χ1) is 14.9. The van der Waals surface area contributed by atoms with Gasteiger partial charge in [-0.05, 0) is 49.6 Å². The highest BCUT2D eigenvalue weighted by Crippen LogP contribution is 2.46. The molecular weight excluding hydrogens is 414 g/mol. The zero-order valence-corrected chi connectivity index (χ0v) is 18.2. The third-order valence-corrected chi connectivity index (χ3v) is 8.23. The number of aromatic nitrogens is 3. The number of hydrogen-bond donors (Lipinski definition) is 1. The molecule has 1 spiro atoms. The van der Waals surface area contributed by atoms with Crippen molar-refractivity contribution in [2.24, 2.45) is 0 Å². The summed E-state index contributed by atoms with van der Waals surface area (Å²) in [5.74, 6) is 0.976. The largest absolute Gasteiger partial charge is 0.352 e. The van der Waals surface area contributed by atoms with Crippen LogP contribution in [-0.2, 0) is 9.84 Å². The van der Waals surface area contributed by atoms with Gasteiger partial charge in [-0.25, -0.2) is 18.4 Å². The van der Waals surface area contributed by atoms with Crippen LogP contribution in [0.1, 0.15) is 36.5 Å². The maximum atomic E-state index is 13.3. The Morgan fingerprint density at radius 3 is 2.61 bits per heavy atom. The fourth-order valence-corrected chi connectivity index (χ4v) is 5.83. The molecule has 31 heavy (non-hydrogen) atoms. The number of carbonyl (C=O) groups is 1. The summed E-state index contributed by atoms with van der Waals surface area (Å²) in [6, 6.07) is 8.37. The molecule has 3 aromatic rings. The summed E-state index contributed by atoms with van der Waals surface area (Å²) in [6.45, 7) is 3.87. The summed E-state index contributed by atoms with van der Waals surface area (Å²) in [6.07, 6.45) is 5.91. The summed E-state index contributed by atoms with van der Waals surface area (Å²) >= 11 is 0. The summed E-state index contributed by atoms with van der Waals surface area (Å²) in [5.41, 5.74) is 1.16. The maximum absolute atomic E-state index is 13.3. The molecule has 2 aromatic heterocycles. The number of nitrogens with one attached hydrogen (secondary N) is 1. The Morgan fingerprint density at radius 1 is 1.13 bits per heavy atom. The van der Waals surface area contributed by atoms with E-state index in [1.165, 1.54) is 0 Å². The van der Waals surface area contributed by atoms with Crippen molar-refractivity contribution in [3.05, 3.63) is 48.4 Å². The lowest BCUT2D eigenvalue weighted by Crippen LogP contribution is -2.57. The monoisotopic (exact) mass is 439 g/mol. The van der Waals surface area contributed by atoms with E-state index in [4.69, 9.17) is 0 Å². The van der Waals surface area contributed by atoms with Crippen molar-refractivity contribution < 1.29 is 13.2 Å². The van der Waals surface area contributed by atoms with Crippen LogP contribution in [0.5, 0.6) is 0 Å². The van der Waals surface area contributed by atoms with Gasteiger partial charge in [-0.1, -0.05) is 6.92 Å². The van der Waals surface area contributed by atoms with Crippen molar-refractivity contribution in [2.45, 2.75) is 36.6 Å². The molecule has 0 radical (unpaired) electrons. The smallest absolute Gasteiger partial charge is 0.254 e. The molecule has 1 saturated carbocycles. The van der Waals surface area contributed by atoms with E-state index in [0.29, 0.717) is 25.1 Å². The van der Waals surface area contributed by atoms with Crippen molar-refractivity contribution in [3.8, 4) is 0 Å². The highest BCUT2D eigenvalue weighted by atomic mass is 32.2. The van der Waals surface area contributed by atoms with Crippen LogP contribution in [-0.4, -0.2) is 65.1 Å². The lowest BCUT2D eigenvalue weighted by atomic mass is 10.1. The number of hydrogen-bond acceptors (Lipinski definition) is 6. The van der Waals surface area contributed by atoms with E-state index in [1.54, 1.807) is 30.6 Å². The molecule has 2 aliphatic rings. The van der Waals surface area contributed by atoms with Crippen LogP contribution < -0.4 is 4.90 Å². The van der Waals surface area contributed by atoms with Gasteiger partial charge < -0.3 is 14.8 Å². The van der Waals surface area contributed by atoms with Gasteiger partial charge in [0, 0.05) is 31.4 Å². The second-order valence-corrected chi connectivity index (χ2v) is 10.5. The van der Waals surface area contributed by atoms with Crippen molar-refractivity contribution in [2.75, 3.05) is 30.3 Å². The average molecular weight is 440 g/mol. The van der Waals surface area contributed by atoms with Gasteiger partial charge in [0.1, 0.15) is 17.8 Å². The minimum absolute atomic E-state index is 0.0360. The van der Waals surface area contributed by atoms with Gasteiger partial charge >= 0.3 is 0 Å². The minimum atomic E-state index is -3.29. The standard InChI is InChI=1S/C22H25N5O3S/c1-2-13-31(29,30)17-5-3-16(4-6-17)21(28)27-12-11-26(14-22(27)8-9-22)20-18-7-10-23-19(18)24-15-25-20/h3-7,10,15H,2,8-9,11-14H2,1H3,(H,23,24,25). The first kappa shape index (κ1) is 20.0. The Bertz CT molecular complexity index is 1230. The van der Waals surface area contributed by atoms with Gasteiger partial charge in [-0.15, -0.1) is 0 Å². The number of nitrogens with zero attached hydrogens (tertiary/aromatic N) is 4. The molecule has 0 bridgehead atoms. The number of benzene rings is 1. The van der Waals surface area contributed by atoms with Crippen LogP contribution in [0.15, 0.2) is 47.8 Å². The molecule has 1 N–H and O–H groups in total. The maximum Gasteiger partial charge on any atom is 0.254 e. The lowest BCUT2D eigenvalue weighted by Gasteiger charge is -2.42. The van der Waals surface area contributed by atoms with Gasteiger partial charge in [0.05, 0.1) is 21.6 Å². The predicted molar refractivity (Wildman–Crippen MR) is 118 cm³/mol. The second-order valence-electron chi connectivity index (χ2n) is 8.38. The average Bonchev–Trinajstić information content (AvgIpc) is 3.34. The van der Waals surface area contributed by atoms with Crippen LogP contribution in [0, 0.1) is 0 Å². The number of aromatic amines is 1. The normalized spacial score (nSPS) is 18.0. The number of sulfone groups is 1. The highest BCUT2D eigenvalue weighted by Gasteiger charge is 2.53. The van der Waals surface area contributed by atoms with Crippen molar-refractivity contribution in [3.63, 3.8) is 0 Å².